The molecule has 21 heavy (non-hydrogen) atoms. The van der Waals surface area contributed by atoms with Crippen molar-refractivity contribution in [3.8, 4) is 0 Å². The Labute approximate surface area is 130 Å². The molecule has 0 fully saturated rings. The number of urea groups is 1. The molecule has 0 aliphatic heterocycles. The van der Waals surface area contributed by atoms with Gasteiger partial charge in [0.1, 0.15) is 6.04 Å². The number of nitrogens with two attached hydrogens (primary N) is 1. The number of halogens is 1. The van der Waals surface area contributed by atoms with Crippen molar-refractivity contribution in [1.82, 2.24) is 10.6 Å². The highest BCUT2D eigenvalue weighted by Crippen LogP contribution is 2.17. The Morgan fingerprint density at radius 2 is 2.00 bits per heavy atom. The van der Waals surface area contributed by atoms with Crippen molar-refractivity contribution in [2.45, 2.75) is 25.4 Å². The quantitative estimate of drug-likeness (QED) is 0.609. The van der Waals surface area contributed by atoms with Gasteiger partial charge in [0, 0.05) is 4.47 Å². The number of primary amides is 1. The number of hydrogen-bond acceptors (Lipinski definition) is 3. The summed E-state index contributed by atoms with van der Waals surface area (Å²) in [7, 11) is 0. The maximum absolute atomic E-state index is 11.8. The van der Waals surface area contributed by atoms with Crippen molar-refractivity contribution < 1.29 is 19.5 Å². The zero-order chi connectivity index (χ0) is 16.0. The molecule has 0 aliphatic rings. The molecule has 0 saturated carbocycles. The van der Waals surface area contributed by atoms with Gasteiger partial charge in [-0.25, -0.2) is 9.59 Å². The van der Waals surface area contributed by atoms with Crippen LogP contribution in [0.4, 0.5) is 4.79 Å². The highest BCUT2D eigenvalue weighted by molar-refractivity contribution is 9.10. The van der Waals surface area contributed by atoms with Crippen LogP contribution in [-0.2, 0) is 9.59 Å². The number of benzene rings is 1. The van der Waals surface area contributed by atoms with Crippen molar-refractivity contribution in [2.24, 2.45) is 5.73 Å². The minimum Gasteiger partial charge on any atom is -0.480 e. The normalized spacial score (nSPS) is 13.0. The number of carboxylic acids is 1. The van der Waals surface area contributed by atoms with Crippen LogP contribution in [-0.4, -0.2) is 29.1 Å². The molecule has 1 aromatic carbocycles. The number of amides is 3. The van der Waals surface area contributed by atoms with E-state index in [4.69, 9.17) is 10.8 Å². The molecule has 0 aliphatic carbocycles. The van der Waals surface area contributed by atoms with Gasteiger partial charge in [0.25, 0.3) is 0 Å². The number of hydrogen-bond donors (Lipinski definition) is 4. The molecular formula is C13H16BrN3O4. The lowest BCUT2D eigenvalue weighted by Crippen LogP contribution is -2.48. The van der Waals surface area contributed by atoms with Crippen LogP contribution in [0, 0.1) is 0 Å². The van der Waals surface area contributed by atoms with Crippen LogP contribution in [0.2, 0.25) is 0 Å². The van der Waals surface area contributed by atoms with E-state index in [1.54, 1.807) is 6.92 Å². The summed E-state index contributed by atoms with van der Waals surface area (Å²) in [5.41, 5.74) is 5.79. The van der Waals surface area contributed by atoms with E-state index in [1.807, 2.05) is 24.3 Å². The van der Waals surface area contributed by atoms with Crippen molar-refractivity contribution in [3.05, 3.63) is 34.3 Å². The highest BCUT2D eigenvalue weighted by atomic mass is 79.9. The number of aliphatic carboxylic acids is 1. The van der Waals surface area contributed by atoms with Crippen LogP contribution in [0.1, 0.15) is 24.9 Å². The van der Waals surface area contributed by atoms with Crippen molar-refractivity contribution in [2.75, 3.05) is 0 Å². The first-order valence-electron chi connectivity index (χ1n) is 6.13. The minimum absolute atomic E-state index is 0.328. The smallest absolute Gasteiger partial charge is 0.326 e. The van der Waals surface area contributed by atoms with E-state index in [0.717, 1.165) is 10.0 Å². The van der Waals surface area contributed by atoms with Crippen LogP contribution in [0.25, 0.3) is 0 Å². The number of carboxylic acid groups (broad SMARTS) is 1. The first-order chi connectivity index (χ1) is 9.79. The lowest BCUT2D eigenvalue weighted by Gasteiger charge is -2.18. The zero-order valence-corrected chi connectivity index (χ0v) is 12.9. The predicted molar refractivity (Wildman–Crippen MR) is 79.5 cm³/mol. The van der Waals surface area contributed by atoms with E-state index in [1.165, 1.54) is 0 Å². The van der Waals surface area contributed by atoms with Gasteiger partial charge in [0.05, 0.1) is 12.5 Å². The monoisotopic (exact) mass is 357 g/mol. The Hall–Kier alpha value is -2.09. The van der Waals surface area contributed by atoms with E-state index in [2.05, 4.69) is 26.6 Å². The van der Waals surface area contributed by atoms with Gasteiger partial charge in [-0.05, 0) is 24.6 Å². The Balaban J connectivity index is 2.63. The Morgan fingerprint density at radius 1 is 1.33 bits per heavy atom. The van der Waals surface area contributed by atoms with Gasteiger partial charge in [-0.3, -0.25) is 4.79 Å². The summed E-state index contributed by atoms with van der Waals surface area (Å²) in [6, 6.07) is 4.97. The summed E-state index contributed by atoms with van der Waals surface area (Å²) in [6.07, 6.45) is -0.464. The molecule has 5 N–H and O–H groups in total. The van der Waals surface area contributed by atoms with Gasteiger partial charge in [-0.1, -0.05) is 28.1 Å². The number of carbonyl (C=O) groups excluding carboxylic acids is 2. The SMILES string of the molecule is CC(NC(=O)N[C@@H](CC(N)=O)C(=O)O)c1cccc(Br)c1. The molecule has 1 aromatic rings. The lowest BCUT2D eigenvalue weighted by molar-refractivity contribution is -0.140. The molecular weight excluding hydrogens is 342 g/mol. The lowest BCUT2D eigenvalue weighted by atomic mass is 10.1. The molecule has 1 unspecified atom stereocenters. The van der Waals surface area contributed by atoms with Gasteiger partial charge in [-0.15, -0.1) is 0 Å². The molecule has 1 rings (SSSR count). The Bertz CT molecular complexity index is 550. The third-order valence-electron chi connectivity index (χ3n) is 2.71. The molecule has 114 valence electrons. The zero-order valence-electron chi connectivity index (χ0n) is 11.3. The van der Waals surface area contributed by atoms with E-state index in [-0.39, 0.29) is 6.04 Å². The average Bonchev–Trinajstić information content (AvgIpc) is 2.37. The summed E-state index contributed by atoms with van der Waals surface area (Å²) >= 11 is 3.33. The third-order valence-corrected chi connectivity index (χ3v) is 3.20. The third kappa shape index (κ3) is 5.82. The van der Waals surface area contributed by atoms with Gasteiger partial charge < -0.3 is 21.5 Å². The Morgan fingerprint density at radius 3 is 2.52 bits per heavy atom. The standard InChI is InChI=1S/C13H16BrN3O4/c1-7(8-3-2-4-9(14)5-8)16-13(21)17-10(12(19)20)6-11(15)18/h2-5,7,10H,6H2,1H3,(H2,15,18)(H,19,20)(H2,16,17,21)/t7?,10-/m0/s1. The summed E-state index contributed by atoms with van der Waals surface area (Å²) < 4.78 is 0.867. The molecule has 7 nitrogen and oxygen atoms in total. The minimum atomic E-state index is -1.35. The second-order valence-electron chi connectivity index (χ2n) is 4.46. The molecule has 0 heterocycles. The van der Waals surface area contributed by atoms with Gasteiger partial charge in [0.15, 0.2) is 0 Å². The summed E-state index contributed by atoms with van der Waals surface area (Å²) in [5.74, 6) is -2.12. The van der Waals surface area contributed by atoms with Crippen molar-refractivity contribution in [1.29, 1.82) is 0 Å². The molecule has 0 saturated heterocycles. The molecule has 3 amide bonds. The van der Waals surface area contributed by atoms with E-state index >= 15 is 0 Å². The van der Waals surface area contributed by atoms with Gasteiger partial charge in [-0.2, -0.15) is 0 Å². The maximum atomic E-state index is 11.8. The largest absolute Gasteiger partial charge is 0.480 e. The van der Waals surface area contributed by atoms with Crippen molar-refractivity contribution >= 4 is 33.8 Å². The number of carbonyl (C=O) groups is 3. The van der Waals surface area contributed by atoms with Crippen LogP contribution in [0.3, 0.4) is 0 Å². The average molecular weight is 358 g/mol. The fourth-order valence-corrected chi connectivity index (χ4v) is 2.07. The summed E-state index contributed by atoms with van der Waals surface area (Å²) in [6.45, 7) is 1.76. The predicted octanol–water partition coefficient (Wildman–Crippen LogP) is 1.14. The topological polar surface area (TPSA) is 122 Å². The van der Waals surface area contributed by atoms with Gasteiger partial charge in [0.2, 0.25) is 5.91 Å². The molecule has 0 radical (unpaired) electrons. The Kier molecular flexibility index (Phi) is 6.16. The maximum Gasteiger partial charge on any atom is 0.326 e. The second-order valence-corrected chi connectivity index (χ2v) is 5.37. The highest BCUT2D eigenvalue weighted by Gasteiger charge is 2.22. The van der Waals surface area contributed by atoms with Crippen molar-refractivity contribution in [3.63, 3.8) is 0 Å². The molecule has 2 atom stereocenters. The second kappa shape index (κ2) is 7.63. The molecule has 0 bridgehead atoms. The van der Waals surface area contributed by atoms with Crippen LogP contribution >= 0.6 is 15.9 Å². The number of nitrogens with one attached hydrogen (secondary N) is 2. The van der Waals surface area contributed by atoms with Gasteiger partial charge >= 0.3 is 12.0 Å². The van der Waals surface area contributed by atoms with E-state index < -0.39 is 30.4 Å². The van der Waals surface area contributed by atoms with Crippen LogP contribution < -0.4 is 16.4 Å². The first-order valence-corrected chi connectivity index (χ1v) is 6.92. The summed E-state index contributed by atoms with van der Waals surface area (Å²) in [5, 5.41) is 13.7. The fraction of sp³-hybridized carbons (Fsp3) is 0.308. The summed E-state index contributed by atoms with van der Waals surface area (Å²) in [4.78, 5) is 33.4. The molecule has 0 aromatic heterocycles. The first kappa shape index (κ1) is 17.0. The van der Waals surface area contributed by atoms with Crippen LogP contribution in [0.15, 0.2) is 28.7 Å². The van der Waals surface area contributed by atoms with E-state index in [9.17, 15) is 14.4 Å². The number of rotatable bonds is 6. The molecule has 8 heteroatoms. The molecule has 0 spiro atoms. The van der Waals surface area contributed by atoms with Crippen LogP contribution in [0.5, 0.6) is 0 Å². The van der Waals surface area contributed by atoms with E-state index in [0.29, 0.717) is 0 Å². The fourth-order valence-electron chi connectivity index (χ4n) is 1.66.